The topological polar surface area (TPSA) is 30.3 Å². The van der Waals surface area contributed by atoms with E-state index in [9.17, 15) is 0 Å². The van der Waals surface area contributed by atoms with Crippen LogP contribution in [0, 0.1) is 5.92 Å². The summed E-state index contributed by atoms with van der Waals surface area (Å²) < 4.78 is 7.63. The molecule has 0 bridgehead atoms. The van der Waals surface area contributed by atoms with Crippen molar-refractivity contribution in [2.24, 2.45) is 5.92 Å². The summed E-state index contributed by atoms with van der Waals surface area (Å²) in [6.45, 7) is 4.93. The highest BCUT2D eigenvalue weighted by atomic mass is 32.1. The van der Waals surface area contributed by atoms with Crippen molar-refractivity contribution in [1.82, 2.24) is 14.7 Å². The standard InChI is InChI=1S/C17H23N3OS/c1-21-11-16-9-19(6-14-4-5-22-12-14)8-15-10-20(18-17(15)16)7-13-2-3-13/h4-5,10,12-13,16H,2-3,6-9,11H2,1H3/t16-/m1/s1. The van der Waals surface area contributed by atoms with Crippen molar-refractivity contribution in [2.45, 2.75) is 38.4 Å². The van der Waals surface area contributed by atoms with Gasteiger partial charge in [0.15, 0.2) is 0 Å². The number of hydrogen-bond donors (Lipinski definition) is 0. The van der Waals surface area contributed by atoms with Gasteiger partial charge in [-0.1, -0.05) is 0 Å². The van der Waals surface area contributed by atoms with Crippen molar-refractivity contribution in [3.8, 4) is 0 Å². The first-order valence-electron chi connectivity index (χ1n) is 8.10. The minimum atomic E-state index is 0.396. The van der Waals surface area contributed by atoms with Crippen molar-refractivity contribution in [3.05, 3.63) is 39.8 Å². The highest BCUT2D eigenvalue weighted by Crippen LogP contribution is 2.33. The SMILES string of the molecule is COC[C@H]1CN(Cc2ccsc2)Cc2cn(CC3CC3)nc21. The van der Waals surface area contributed by atoms with Crippen molar-refractivity contribution in [1.29, 1.82) is 0 Å². The van der Waals surface area contributed by atoms with Crippen molar-refractivity contribution in [3.63, 3.8) is 0 Å². The summed E-state index contributed by atoms with van der Waals surface area (Å²) in [6, 6.07) is 2.22. The molecule has 1 aliphatic heterocycles. The Hall–Kier alpha value is -1.17. The van der Waals surface area contributed by atoms with Gasteiger partial charge in [0, 0.05) is 51.0 Å². The molecule has 118 valence electrons. The van der Waals surface area contributed by atoms with Crippen LogP contribution in [-0.2, 0) is 24.4 Å². The van der Waals surface area contributed by atoms with Crippen molar-refractivity contribution in [2.75, 3.05) is 20.3 Å². The Bertz CT molecular complexity index is 618. The molecule has 0 unspecified atom stereocenters. The van der Waals surface area contributed by atoms with E-state index < -0.39 is 0 Å². The number of nitrogens with zero attached hydrogens (tertiary/aromatic N) is 3. The minimum Gasteiger partial charge on any atom is -0.384 e. The van der Waals surface area contributed by atoms with Gasteiger partial charge in [0.25, 0.3) is 0 Å². The van der Waals surface area contributed by atoms with E-state index in [1.54, 1.807) is 18.4 Å². The second-order valence-electron chi connectivity index (χ2n) is 6.66. The van der Waals surface area contributed by atoms with Gasteiger partial charge in [-0.15, -0.1) is 0 Å². The highest BCUT2D eigenvalue weighted by molar-refractivity contribution is 7.07. The first kappa shape index (κ1) is 14.4. The third-order valence-corrected chi connectivity index (χ3v) is 5.36. The molecule has 0 aromatic carbocycles. The first-order valence-corrected chi connectivity index (χ1v) is 9.04. The van der Waals surface area contributed by atoms with Crippen LogP contribution < -0.4 is 0 Å². The van der Waals surface area contributed by atoms with Crippen LogP contribution in [0.5, 0.6) is 0 Å². The molecule has 0 amide bonds. The predicted molar refractivity (Wildman–Crippen MR) is 88.0 cm³/mol. The van der Waals surface area contributed by atoms with E-state index in [4.69, 9.17) is 9.84 Å². The molecule has 0 spiro atoms. The van der Waals surface area contributed by atoms with E-state index in [0.717, 1.165) is 38.7 Å². The molecule has 2 aromatic heterocycles. The first-order chi connectivity index (χ1) is 10.8. The van der Waals surface area contributed by atoms with Gasteiger partial charge in [0.05, 0.1) is 12.3 Å². The Morgan fingerprint density at radius 1 is 1.41 bits per heavy atom. The van der Waals surface area contributed by atoms with Crippen LogP contribution in [0.4, 0.5) is 0 Å². The van der Waals surface area contributed by atoms with Crippen LogP contribution in [-0.4, -0.2) is 34.9 Å². The molecule has 0 radical (unpaired) electrons. The summed E-state index contributed by atoms with van der Waals surface area (Å²) in [6.07, 6.45) is 5.02. The van der Waals surface area contributed by atoms with Gasteiger partial charge in [-0.2, -0.15) is 16.4 Å². The zero-order chi connectivity index (χ0) is 14.9. The fourth-order valence-corrected chi connectivity index (χ4v) is 4.06. The number of hydrogen-bond acceptors (Lipinski definition) is 4. The fraction of sp³-hybridized carbons (Fsp3) is 0.588. The van der Waals surface area contributed by atoms with E-state index in [2.05, 4.69) is 32.6 Å². The van der Waals surface area contributed by atoms with E-state index in [-0.39, 0.29) is 0 Å². The molecule has 1 atom stereocenters. The van der Waals surface area contributed by atoms with Gasteiger partial charge >= 0.3 is 0 Å². The predicted octanol–water partition coefficient (Wildman–Crippen LogP) is 3.10. The Balaban J connectivity index is 1.53. The maximum absolute atomic E-state index is 5.45. The average Bonchev–Trinajstić information content (AvgIpc) is 2.98. The third kappa shape index (κ3) is 3.12. The van der Waals surface area contributed by atoms with Gasteiger partial charge in [0.2, 0.25) is 0 Å². The molecule has 2 aliphatic rings. The van der Waals surface area contributed by atoms with Crippen LogP contribution in [0.15, 0.2) is 23.0 Å². The normalized spacial score (nSPS) is 22.0. The van der Waals surface area contributed by atoms with Gasteiger partial charge in [-0.05, 0) is 41.1 Å². The Kier molecular flexibility index (Phi) is 4.03. The fourth-order valence-electron chi connectivity index (χ4n) is 3.40. The monoisotopic (exact) mass is 317 g/mol. The lowest BCUT2D eigenvalue weighted by Gasteiger charge is -2.31. The molecule has 5 heteroatoms. The summed E-state index contributed by atoms with van der Waals surface area (Å²) in [5, 5.41) is 9.28. The third-order valence-electron chi connectivity index (χ3n) is 4.63. The molecular formula is C17H23N3OS. The van der Waals surface area contributed by atoms with Crippen LogP contribution in [0.3, 0.4) is 0 Å². The highest BCUT2D eigenvalue weighted by Gasteiger charge is 2.30. The molecule has 3 heterocycles. The van der Waals surface area contributed by atoms with Crippen molar-refractivity contribution >= 4 is 11.3 Å². The summed E-state index contributed by atoms with van der Waals surface area (Å²) in [5.74, 6) is 1.26. The summed E-state index contributed by atoms with van der Waals surface area (Å²) >= 11 is 1.77. The molecular weight excluding hydrogens is 294 g/mol. The zero-order valence-corrected chi connectivity index (χ0v) is 13.9. The second-order valence-corrected chi connectivity index (χ2v) is 7.44. The van der Waals surface area contributed by atoms with Crippen LogP contribution in [0.2, 0.25) is 0 Å². The smallest absolute Gasteiger partial charge is 0.0736 e. The van der Waals surface area contributed by atoms with Crippen LogP contribution in [0.1, 0.15) is 35.6 Å². The van der Waals surface area contributed by atoms with E-state index in [0.29, 0.717) is 5.92 Å². The van der Waals surface area contributed by atoms with Gasteiger partial charge in [-0.3, -0.25) is 9.58 Å². The molecule has 1 saturated carbocycles. The number of methoxy groups -OCH3 is 1. The number of rotatable bonds is 6. The largest absolute Gasteiger partial charge is 0.384 e. The summed E-state index contributed by atoms with van der Waals surface area (Å²) in [7, 11) is 1.79. The summed E-state index contributed by atoms with van der Waals surface area (Å²) in [4.78, 5) is 2.53. The quantitative estimate of drug-likeness (QED) is 0.820. The molecule has 4 nitrogen and oxygen atoms in total. The van der Waals surface area contributed by atoms with E-state index >= 15 is 0 Å². The lowest BCUT2D eigenvalue weighted by molar-refractivity contribution is 0.134. The number of fused-ring (bicyclic) bond motifs is 1. The van der Waals surface area contributed by atoms with Crippen LogP contribution in [0.25, 0.3) is 0 Å². The Morgan fingerprint density at radius 2 is 2.32 bits per heavy atom. The zero-order valence-electron chi connectivity index (χ0n) is 13.1. The number of thiophene rings is 1. The maximum atomic E-state index is 5.45. The Labute approximate surface area is 135 Å². The van der Waals surface area contributed by atoms with Gasteiger partial charge in [0.1, 0.15) is 0 Å². The van der Waals surface area contributed by atoms with Crippen molar-refractivity contribution < 1.29 is 4.74 Å². The molecule has 0 saturated heterocycles. The van der Waals surface area contributed by atoms with E-state index in [1.807, 2.05) is 0 Å². The second kappa shape index (κ2) is 6.14. The maximum Gasteiger partial charge on any atom is 0.0736 e. The van der Waals surface area contributed by atoms with Crippen LogP contribution >= 0.6 is 11.3 Å². The molecule has 4 rings (SSSR count). The minimum absolute atomic E-state index is 0.396. The Morgan fingerprint density at radius 3 is 3.05 bits per heavy atom. The number of aromatic nitrogens is 2. The van der Waals surface area contributed by atoms with Gasteiger partial charge < -0.3 is 4.74 Å². The molecule has 22 heavy (non-hydrogen) atoms. The molecule has 2 aromatic rings. The molecule has 1 aliphatic carbocycles. The lowest BCUT2D eigenvalue weighted by Crippen LogP contribution is -2.34. The summed E-state index contributed by atoms with van der Waals surface area (Å²) in [5.41, 5.74) is 4.07. The molecule has 1 fully saturated rings. The van der Waals surface area contributed by atoms with E-state index in [1.165, 1.54) is 29.7 Å². The lowest BCUT2D eigenvalue weighted by atomic mass is 9.97. The van der Waals surface area contributed by atoms with Gasteiger partial charge in [-0.25, -0.2) is 0 Å². The number of ether oxygens (including phenoxy) is 1. The molecule has 0 N–H and O–H groups in total. The average molecular weight is 317 g/mol.